The summed E-state index contributed by atoms with van der Waals surface area (Å²) in [7, 11) is 0. The fourth-order valence-corrected chi connectivity index (χ4v) is 23.3. The minimum Gasteiger partial charge on any atom is -0.310 e. The molecule has 0 radical (unpaired) electrons. The first-order valence-electron chi connectivity index (χ1n) is 43.4. The molecule has 0 aromatic heterocycles. The van der Waals surface area contributed by atoms with Crippen molar-refractivity contribution in [1.82, 2.24) is 0 Å². The maximum atomic E-state index is 2.52. The molecular weight excluding hydrogens is 1460 g/mol. The first-order valence-corrected chi connectivity index (χ1v) is 43.4. The molecule has 0 bridgehead atoms. The quantitative estimate of drug-likeness (QED) is 0.121. The van der Waals surface area contributed by atoms with Gasteiger partial charge in [-0.05, 0) is 301 Å². The first kappa shape index (κ1) is 72.9. The van der Waals surface area contributed by atoms with Crippen molar-refractivity contribution in [2.75, 3.05) is 19.6 Å². The van der Waals surface area contributed by atoms with E-state index in [0.29, 0.717) is 0 Å². The predicted molar refractivity (Wildman–Crippen MR) is 508 cm³/mol. The van der Waals surface area contributed by atoms with Crippen LogP contribution in [0.1, 0.15) is 175 Å². The second-order valence-electron chi connectivity index (χ2n) is 38.9. The molecule has 0 saturated carbocycles. The van der Waals surface area contributed by atoms with Crippen molar-refractivity contribution in [2.24, 2.45) is 0 Å². The summed E-state index contributed by atoms with van der Waals surface area (Å²) in [5.74, 6) is 0. The van der Waals surface area contributed by atoms with E-state index in [-0.39, 0.29) is 32.5 Å². The zero-order chi connectivity index (χ0) is 82.5. The summed E-state index contributed by atoms with van der Waals surface area (Å²) >= 11 is 0. The van der Waals surface area contributed by atoms with Crippen LogP contribution in [-0.2, 0) is 37.9 Å². The average Bonchev–Trinajstić information content (AvgIpc) is 1.56. The lowest BCUT2D eigenvalue weighted by Gasteiger charge is -2.32. The Kier molecular flexibility index (Phi) is 15.3. The maximum Gasteiger partial charge on any atom is 0.0465 e. The van der Waals surface area contributed by atoms with Gasteiger partial charge in [-0.1, -0.05) is 291 Å². The first-order chi connectivity index (χ1) is 58.3. The zero-order valence-electron chi connectivity index (χ0n) is 71.6. The Morgan fingerprint density at radius 3 is 0.364 bits per heavy atom. The third-order valence-corrected chi connectivity index (χ3v) is 29.8. The monoisotopic (exact) mass is 1560 g/mol. The fourth-order valence-electron chi connectivity index (χ4n) is 23.3. The molecule has 0 atom stereocenters. The molecule has 7 aliphatic rings. The van der Waals surface area contributed by atoms with Crippen molar-refractivity contribution in [2.45, 2.75) is 135 Å². The van der Waals surface area contributed by atoms with E-state index in [0.717, 1.165) is 68.2 Å². The highest BCUT2D eigenvalue weighted by Gasteiger charge is 2.45. The number of fused-ring (bicyclic) bond motifs is 21. The molecule has 7 aliphatic carbocycles. The van der Waals surface area contributed by atoms with Gasteiger partial charge in [-0.15, -0.1) is 0 Å². The Labute approximate surface area is 713 Å². The Morgan fingerprint density at radius 1 is 0.116 bits per heavy atom. The molecule has 0 heterocycles. The SMILES string of the molecule is CC1(C)c2ccccc2-c2ccc(N(c3ccc(N(c4ccc5c(c4)C(C)(C)c4ccccc4-5)c4ccc5c(c4)C(C)(C)c4cc(N(c6ccc(N(c7ccc8c(c7)C(C)(C)c7ccccc7-8)c7ccc8c(c7)C(C)(C)c7ccccc7-8)cc6)c6ccc7c(c6)C(C)(C)c6ccccc6-7)ccc4-5)cc3)c3ccc4c(c3)C(C)(C)c3ccccc3-4)cc21. The van der Waals surface area contributed by atoms with Crippen molar-refractivity contribution in [1.29, 1.82) is 0 Å². The van der Waals surface area contributed by atoms with Gasteiger partial charge in [-0.3, -0.25) is 0 Å². The van der Waals surface area contributed by atoms with E-state index in [4.69, 9.17) is 0 Å². The van der Waals surface area contributed by atoms with E-state index in [1.165, 1.54) is 156 Å². The van der Waals surface area contributed by atoms with Crippen LogP contribution in [0, 0.1) is 0 Å². The van der Waals surface area contributed by atoms with Gasteiger partial charge in [0.05, 0.1) is 0 Å². The number of hydrogen-bond donors (Lipinski definition) is 0. The standard InChI is InChI=1S/C117H98N4/c1-111(2)97-33-21-15-27-83(97)89-55-47-75(63-103(89)111)118(76-48-56-90-84-28-16-22-34-98(84)112(3,4)104(90)64-76)71-39-43-73(44-40-71)120(79-51-59-93-87-31-19-25-37-101(87)115(9,10)107(93)67-79)81-53-61-95-96-62-54-82(70-110(96)117(13,14)109(95)69-81)121(80-52-60-94-88-32-20-26-38-102(88)116(11,12)108(94)68-80)74-45-41-72(42-46-74)119(77-49-57-91-85-29-17-23-35-99(85)113(5,6)105(91)65-77)78-50-58-92-86-30-18-24-36-100(86)114(7,8)106(92)66-78/h15-70H,1-14H3. The molecule has 586 valence electrons. The van der Waals surface area contributed by atoms with Gasteiger partial charge in [0.1, 0.15) is 0 Å². The summed E-state index contributed by atoms with van der Waals surface area (Å²) in [6, 6.07) is 131. The molecule has 4 heteroatoms. The molecule has 23 rings (SSSR count). The number of nitrogens with zero attached hydrogens (tertiary/aromatic N) is 4. The van der Waals surface area contributed by atoms with Crippen LogP contribution in [0.2, 0.25) is 0 Å². The Morgan fingerprint density at radius 2 is 0.223 bits per heavy atom. The number of benzene rings is 16. The average molecular weight is 1560 g/mol. The second kappa shape index (κ2) is 25.4. The molecule has 4 nitrogen and oxygen atoms in total. The summed E-state index contributed by atoms with van der Waals surface area (Å²) in [4.78, 5) is 10.1. The molecular formula is C117H98N4. The molecule has 0 N–H and O–H groups in total. The van der Waals surface area contributed by atoms with Crippen molar-refractivity contribution in [3.05, 3.63) is 418 Å². The van der Waals surface area contributed by atoms with Crippen molar-refractivity contribution >= 4 is 68.2 Å². The normalized spacial score (nSPS) is 16.1. The number of hydrogen-bond acceptors (Lipinski definition) is 4. The van der Waals surface area contributed by atoms with Gasteiger partial charge in [0.15, 0.2) is 0 Å². The van der Waals surface area contributed by atoms with Crippen molar-refractivity contribution < 1.29 is 0 Å². The topological polar surface area (TPSA) is 13.0 Å². The molecule has 0 fully saturated rings. The van der Waals surface area contributed by atoms with Crippen LogP contribution in [0.4, 0.5) is 68.2 Å². The van der Waals surface area contributed by atoms with E-state index in [2.05, 4.69) is 456 Å². The van der Waals surface area contributed by atoms with Gasteiger partial charge in [0.2, 0.25) is 0 Å². The lowest BCUT2D eigenvalue weighted by atomic mass is 9.81. The van der Waals surface area contributed by atoms with Crippen LogP contribution in [0.15, 0.2) is 340 Å². The van der Waals surface area contributed by atoms with E-state index >= 15 is 0 Å². The molecule has 0 unspecified atom stereocenters. The molecule has 16 aromatic carbocycles. The molecule has 0 spiro atoms. The summed E-state index contributed by atoms with van der Waals surface area (Å²) < 4.78 is 0. The molecule has 0 amide bonds. The van der Waals surface area contributed by atoms with E-state index < -0.39 is 5.41 Å². The van der Waals surface area contributed by atoms with Crippen LogP contribution < -0.4 is 19.6 Å². The van der Waals surface area contributed by atoms with E-state index in [9.17, 15) is 0 Å². The Hall–Kier alpha value is -13.3. The summed E-state index contributed by atoms with van der Waals surface area (Å²) in [5.41, 5.74) is 48.9. The van der Waals surface area contributed by atoms with Crippen LogP contribution in [0.3, 0.4) is 0 Å². The van der Waals surface area contributed by atoms with Crippen LogP contribution in [0.5, 0.6) is 0 Å². The van der Waals surface area contributed by atoms with Crippen LogP contribution >= 0.6 is 0 Å². The third kappa shape index (κ3) is 10.3. The minimum atomic E-state index is -0.416. The lowest BCUT2D eigenvalue weighted by molar-refractivity contribution is 0.659. The summed E-state index contributed by atoms with van der Waals surface area (Å²) in [6.07, 6.45) is 0. The Balaban J connectivity index is 0.648. The number of anilines is 12. The second-order valence-corrected chi connectivity index (χ2v) is 38.9. The highest BCUT2D eigenvalue weighted by atomic mass is 15.2. The van der Waals surface area contributed by atoms with Gasteiger partial charge >= 0.3 is 0 Å². The highest BCUT2D eigenvalue weighted by molar-refractivity contribution is 5.96. The molecule has 121 heavy (non-hydrogen) atoms. The van der Waals surface area contributed by atoms with Crippen LogP contribution in [0.25, 0.3) is 77.9 Å². The fraction of sp³-hybridized carbons (Fsp3) is 0.179. The van der Waals surface area contributed by atoms with Crippen molar-refractivity contribution in [3.8, 4) is 77.9 Å². The van der Waals surface area contributed by atoms with Gasteiger partial charge in [-0.25, -0.2) is 0 Å². The lowest BCUT2D eigenvalue weighted by Crippen LogP contribution is -2.19. The molecule has 16 aromatic rings. The summed E-state index contributed by atoms with van der Waals surface area (Å²) in [5, 5.41) is 0. The van der Waals surface area contributed by atoms with Gasteiger partial charge < -0.3 is 19.6 Å². The van der Waals surface area contributed by atoms with Crippen LogP contribution in [-0.4, -0.2) is 0 Å². The van der Waals surface area contributed by atoms with Gasteiger partial charge in [-0.2, -0.15) is 0 Å². The Bertz CT molecular complexity index is 6490. The zero-order valence-corrected chi connectivity index (χ0v) is 71.6. The van der Waals surface area contributed by atoms with Gasteiger partial charge in [0, 0.05) is 106 Å². The maximum absolute atomic E-state index is 2.52. The van der Waals surface area contributed by atoms with Gasteiger partial charge in [0.25, 0.3) is 0 Å². The minimum absolute atomic E-state index is 0.181. The third-order valence-electron chi connectivity index (χ3n) is 29.8. The number of rotatable bonds is 12. The largest absolute Gasteiger partial charge is 0.310 e. The molecule has 0 saturated heterocycles. The van der Waals surface area contributed by atoms with E-state index in [1.807, 2.05) is 0 Å². The van der Waals surface area contributed by atoms with E-state index in [1.54, 1.807) is 0 Å². The highest BCUT2D eigenvalue weighted by Crippen LogP contribution is 2.61. The van der Waals surface area contributed by atoms with Crippen molar-refractivity contribution in [3.63, 3.8) is 0 Å². The smallest absolute Gasteiger partial charge is 0.0465 e. The molecule has 0 aliphatic heterocycles. The summed E-state index contributed by atoms with van der Waals surface area (Å²) in [6.45, 7) is 33.6. The predicted octanol–water partition coefficient (Wildman–Crippen LogP) is 31.7.